The summed E-state index contributed by atoms with van der Waals surface area (Å²) in [7, 11) is 0. The molecule has 1 aromatic carbocycles. The van der Waals surface area contributed by atoms with Crippen molar-refractivity contribution in [2.75, 3.05) is 0 Å². The Bertz CT molecular complexity index is 460. The highest BCUT2D eigenvalue weighted by molar-refractivity contribution is 6.30. The fraction of sp³-hybridized carbons (Fsp3) is 0.182. The van der Waals surface area contributed by atoms with Crippen molar-refractivity contribution >= 4 is 11.6 Å². The Morgan fingerprint density at radius 3 is 2.64 bits per heavy atom. The van der Waals surface area contributed by atoms with Crippen LogP contribution in [0.25, 0.3) is 5.69 Å². The van der Waals surface area contributed by atoms with Crippen LogP contribution in [0.2, 0.25) is 5.02 Å². The second kappa shape index (κ2) is 3.46. The summed E-state index contributed by atoms with van der Waals surface area (Å²) in [6, 6.07) is 7.74. The SMILES string of the molecule is Cc1cn(-c2cccc(Cl)c2)c(C)n1. The second-order valence-corrected chi connectivity index (χ2v) is 3.72. The van der Waals surface area contributed by atoms with E-state index in [1.807, 2.05) is 48.9 Å². The number of imidazole rings is 1. The molecule has 2 rings (SSSR count). The Morgan fingerprint density at radius 2 is 2.07 bits per heavy atom. The van der Waals surface area contributed by atoms with Gasteiger partial charge in [-0.1, -0.05) is 17.7 Å². The zero-order chi connectivity index (χ0) is 10.1. The van der Waals surface area contributed by atoms with Crippen molar-refractivity contribution in [1.82, 2.24) is 9.55 Å². The lowest BCUT2D eigenvalue weighted by Gasteiger charge is -2.04. The molecule has 1 heterocycles. The highest BCUT2D eigenvalue weighted by Gasteiger charge is 2.02. The number of benzene rings is 1. The number of hydrogen-bond acceptors (Lipinski definition) is 1. The van der Waals surface area contributed by atoms with E-state index < -0.39 is 0 Å². The minimum atomic E-state index is 0.744. The maximum Gasteiger partial charge on any atom is 0.110 e. The van der Waals surface area contributed by atoms with Crippen LogP contribution >= 0.6 is 11.6 Å². The number of rotatable bonds is 1. The summed E-state index contributed by atoms with van der Waals surface area (Å²) >= 11 is 5.92. The van der Waals surface area contributed by atoms with Crippen molar-refractivity contribution < 1.29 is 0 Å². The van der Waals surface area contributed by atoms with E-state index in [1.165, 1.54) is 0 Å². The van der Waals surface area contributed by atoms with Crippen molar-refractivity contribution in [1.29, 1.82) is 0 Å². The van der Waals surface area contributed by atoms with E-state index in [1.54, 1.807) is 0 Å². The quantitative estimate of drug-likeness (QED) is 0.701. The third-order valence-electron chi connectivity index (χ3n) is 2.09. The van der Waals surface area contributed by atoms with Crippen molar-refractivity contribution in [3.8, 4) is 5.69 Å². The fourth-order valence-electron chi connectivity index (χ4n) is 1.51. The number of aromatic nitrogens is 2. The summed E-state index contributed by atoms with van der Waals surface area (Å²) in [6.45, 7) is 3.96. The van der Waals surface area contributed by atoms with E-state index >= 15 is 0 Å². The molecule has 1 aromatic heterocycles. The molecule has 0 saturated carbocycles. The number of hydrogen-bond donors (Lipinski definition) is 0. The minimum absolute atomic E-state index is 0.744. The molecule has 0 aliphatic heterocycles. The van der Waals surface area contributed by atoms with Crippen molar-refractivity contribution in [2.24, 2.45) is 0 Å². The van der Waals surface area contributed by atoms with Gasteiger partial charge in [0.2, 0.25) is 0 Å². The van der Waals surface area contributed by atoms with E-state index in [9.17, 15) is 0 Å². The first kappa shape index (κ1) is 9.28. The molecule has 0 amide bonds. The molecule has 2 aromatic rings. The predicted octanol–water partition coefficient (Wildman–Crippen LogP) is 3.14. The molecule has 0 atom stereocenters. The Kier molecular flexibility index (Phi) is 2.30. The lowest BCUT2D eigenvalue weighted by Crippen LogP contribution is -1.94. The van der Waals surface area contributed by atoms with Gasteiger partial charge < -0.3 is 4.57 Å². The molecule has 14 heavy (non-hydrogen) atoms. The predicted molar refractivity (Wildman–Crippen MR) is 58.0 cm³/mol. The molecule has 72 valence electrons. The first-order chi connectivity index (χ1) is 6.66. The van der Waals surface area contributed by atoms with Gasteiger partial charge in [0.1, 0.15) is 5.82 Å². The van der Waals surface area contributed by atoms with Crippen molar-refractivity contribution in [3.05, 3.63) is 47.0 Å². The number of aryl methyl sites for hydroxylation is 2. The summed E-state index contributed by atoms with van der Waals surface area (Å²) in [4.78, 5) is 4.34. The maximum atomic E-state index is 5.92. The highest BCUT2D eigenvalue weighted by Crippen LogP contribution is 2.16. The zero-order valence-electron chi connectivity index (χ0n) is 8.16. The lowest BCUT2D eigenvalue weighted by atomic mass is 10.3. The first-order valence-corrected chi connectivity index (χ1v) is 4.83. The molecule has 0 fully saturated rings. The van der Waals surface area contributed by atoms with Crippen LogP contribution in [-0.2, 0) is 0 Å². The Hall–Kier alpha value is -1.28. The van der Waals surface area contributed by atoms with Crippen molar-refractivity contribution in [2.45, 2.75) is 13.8 Å². The Morgan fingerprint density at radius 1 is 1.29 bits per heavy atom. The molecule has 3 heteroatoms. The van der Waals surface area contributed by atoms with Crippen LogP contribution in [-0.4, -0.2) is 9.55 Å². The molecule has 0 N–H and O–H groups in total. The average Bonchev–Trinajstić information content (AvgIpc) is 2.45. The summed E-state index contributed by atoms with van der Waals surface area (Å²) in [5.74, 6) is 0.977. The molecule has 0 aliphatic carbocycles. The van der Waals surface area contributed by atoms with Crippen LogP contribution in [0.4, 0.5) is 0 Å². The molecule has 0 radical (unpaired) electrons. The molecule has 0 unspecified atom stereocenters. The smallest absolute Gasteiger partial charge is 0.110 e. The van der Waals surface area contributed by atoms with Crippen molar-refractivity contribution in [3.63, 3.8) is 0 Å². The van der Waals surface area contributed by atoms with E-state index in [2.05, 4.69) is 4.98 Å². The van der Waals surface area contributed by atoms with Gasteiger partial charge in [0.25, 0.3) is 0 Å². The molecule has 2 nitrogen and oxygen atoms in total. The summed E-state index contributed by atoms with van der Waals surface area (Å²) in [5, 5.41) is 0.744. The fourth-order valence-corrected chi connectivity index (χ4v) is 1.69. The molecule has 0 saturated heterocycles. The molecular formula is C11H11ClN2. The Labute approximate surface area is 88.2 Å². The van der Waals surface area contributed by atoms with Gasteiger partial charge in [-0.05, 0) is 32.0 Å². The topological polar surface area (TPSA) is 17.8 Å². The largest absolute Gasteiger partial charge is 0.304 e. The third kappa shape index (κ3) is 1.66. The normalized spacial score (nSPS) is 10.5. The number of halogens is 1. The van der Waals surface area contributed by atoms with Gasteiger partial charge in [0.15, 0.2) is 0 Å². The van der Waals surface area contributed by atoms with Crippen LogP contribution in [0.15, 0.2) is 30.5 Å². The zero-order valence-corrected chi connectivity index (χ0v) is 8.92. The Balaban J connectivity index is 2.54. The summed E-state index contributed by atoms with van der Waals surface area (Å²) < 4.78 is 2.03. The van der Waals surface area contributed by atoms with Gasteiger partial charge in [-0.25, -0.2) is 4.98 Å². The summed E-state index contributed by atoms with van der Waals surface area (Å²) in [5.41, 5.74) is 2.07. The summed E-state index contributed by atoms with van der Waals surface area (Å²) in [6.07, 6.45) is 2.00. The monoisotopic (exact) mass is 206 g/mol. The number of nitrogens with zero attached hydrogens (tertiary/aromatic N) is 2. The second-order valence-electron chi connectivity index (χ2n) is 3.28. The van der Waals surface area contributed by atoms with Crippen LogP contribution in [0.1, 0.15) is 11.5 Å². The molecule has 0 spiro atoms. The molecule has 0 aliphatic rings. The van der Waals surface area contributed by atoms with Gasteiger partial charge in [0.05, 0.1) is 5.69 Å². The van der Waals surface area contributed by atoms with E-state index in [0.29, 0.717) is 0 Å². The van der Waals surface area contributed by atoms with Gasteiger partial charge >= 0.3 is 0 Å². The third-order valence-corrected chi connectivity index (χ3v) is 2.32. The maximum absolute atomic E-state index is 5.92. The standard InChI is InChI=1S/C11H11ClN2/c1-8-7-14(9(2)13-8)11-5-3-4-10(12)6-11/h3-7H,1-2H3. The van der Waals surface area contributed by atoms with E-state index in [-0.39, 0.29) is 0 Å². The van der Waals surface area contributed by atoms with Gasteiger partial charge in [0, 0.05) is 16.9 Å². The van der Waals surface area contributed by atoms with Crippen LogP contribution < -0.4 is 0 Å². The lowest BCUT2D eigenvalue weighted by molar-refractivity contribution is 0.974. The van der Waals surface area contributed by atoms with Crippen LogP contribution in [0, 0.1) is 13.8 Å². The van der Waals surface area contributed by atoms with Crippen LogP contribution in [0.5, 0.6) is 0 Å². The van der Waals surface area contributed by atoms with Crippen LogP contribution in [0.3, 0.4) is 0 Å². The molecular weight excluding hydrogens is 196 g/mol. The highest BCUT2D eigenvalue weighted by atomic mass is 35.5. The minimum Gasteiger partial charge on any atom is -0.304 e. The van der Waals surface area contributed by atoms with Gasteiger partial charge in [-0.15, -0.1) is 0 Å². The van der Waals surface area contributed by atoms with Gasteiger partial charge in [-0.2, -0.15) is 0 Å². The van der Waals surface area contributed by atoms with E-state index in [4.69, 9.17) is 11.6 Å². The molecule has 0 bridgehead atoms. The first-order valence-electron chi connectivity index (χ1n) is 4.45. The van der Waals surface area contributed by atoms with Gasteiger partial charge in [-0.3, -0.25) is 0 Å². The average molecular weight is 207 g/mol. The van der Waals surface area contributed by atoms with E-state index in [0.717, 1.165) is 22.2 Å².